The number of aromatic nitrogens is 1. The second-order valence-electron chi connectivity index (χ2n) is 3.97. The third kappa shape index (κ3) is 4.62. The second-order valence-corrected chi connectivity index (χ2v) is 3.97. The van der Waals surface area contributed by atoms with E-state index in [4.69, 9.17) is 4.74 Å². The van der Waals surface area contributed by atoms with E-state index in [-0.39, 0.29) is 24.8 Å². The summed E-state index contributed by atoms with van der Waals surface area (Å²) >= 11 is 0. The zero-order valence-corrected chi connectivity index (χ0v) is 11.2. The fourth-order valence-corrected chi connectivity index (χ4v) is 1.50. The monoisotopic (exact) mass is 284 g/mol. The highest BCUT2D eigenvalue weighted by molar-refractivity contribution is 5.92. The first-order valence-electron chi connectivity index (χ1n) is 6.29. The van der Waals surface area contributed by atoms with Gasteiger partial charge < -0.3 is 10.1 Å². The quantitative estimate of drug-likeness (QED) is 0.874. The Hall–Kier alpha value is -2.87. The fourth-order valence-electron chi connectivity index (χ4n) is 1.50. The van der Waals surface area contributed by atoms with Crippen LogP contribution in [-0.2, 0) is 0 Å². The molecule has 106 valence electrons. The average molecular weight is 284 g/mol. The molecule has 0 aliphatic heterocycles. The van der Waals surface area contributed by atoms with Crippen LogP contribution < -0.4 is 10.1 Å². The number of rotatable bonds is 4. The molecule has 0 bridgehead atoms. The molecule has 0 atom stereocenters. The summed E-state index contributed by atoms with van der Waals surface area (Å²) in [6, 6.07) is 11.2. The van der Waals surface area contributed by atoms with Crippen LogP contribution in [0.1, 0.15) is 10.5 Å². The first-order chi connectivity index (χ1) is 10.3. The van der Waals surface area contributed by atoms with Crippen molar-refractivity contribution in [3.63, 3.8) is 0 Å². The molecule has 0 radical (unpaired) electrons. The van der Waals surface area contributed by atoms with Gasteiger partial charge in [-0.25, -0.2) is 4.39 Å². The number of ether oxygens (including phenoxy) is 1. The van der Waals surface area contributed by atoms with Crippen LogP contribution in [-0.4, -0.2) is 24.0 Å². The second kappa shape index (κ2) is 7.65. The van der Waals surface area contributed by atoms with Crippen molar-refractivity contribution in [2.75, 3.05) is 13.2 Å². The van der Waals surface area contributed by atoms with Gasteiger partial charge in [0.2, 0.25) is 0 Å². The van der Waals surface area contributed by atoms with Gasteiger partial charge in [-0.05, 0) is 24.3 Å². The highest BCUT2D eigenvalue weighted by Gasteiger charge is 2.03. The largest absolute Gasteiger partial charge is 0.478 e. The molecule has 1 aromatic carbocycles. The van der Waals surface area contributed by atoms with Crippen molar-refractivity contribution < 1.29 is 13.9 Å². The third-order valence-electron chi connectivity index (χ3n) is 2.50. The summed E-state index contributed by atoms with van der Waals surface area (Å²) in [6.07, 6.45) is 1.54. The lowest BCUT2D eigenvalue weighted by atomic mass is 10.3. The first kappa shape index (κ1) is 14.5. The molecule has 0 fully saturated rings. The molecule has 4 nitrogen and oxygen atoms in total. The molecule has 0 saturated carbocycles. The number of carbonyl (C=O) groups is 1. The smallest absolute Gasteiger partial charge is 0.270 e. The third-order valence-corrected chi connectivity index (χ3v) is 2.50. The first-order valence-corrected chi connectivity index (χ1v) is 6.29. The van der Waals surface area contributed by atoms with E-state index >= 15 is 0 Å². The van der Waals surface area contributed by atoms with Gasteiger partial charge in [-0.1, -0.05) is 30.0 Å². The van der Waals surface area contributed by atoms with Gasteiger partial charge in [0.05, 0.1) is 6.54 Å². The van der Waals surface area contributed by atoms with E-state index in [0.717, 1.165) is 0 Å². The standard InChI is InChI=1S/C16H13FN2O2/c17-13-7-1-2-9-15(13)21-12-6-5-11-19-16(20)14-8-3-4-10-18-14/h1-4,7-10H,11-12H2,(H,19,20). The van der Waals surface area contributed by atoms with E-state index in [0.29, 0.717) is 5.69 Å². The van der Waals surface area contributed by atoms with Crippen molar-refractivity contribution in [3.8, 4) is 17.6 Å². The molecule has 2 aromatic rings. The summed E-state index contributed by atoms with van der Waals surface area (Å²) in [4.78, 5) is 15.5. The number of para-hydroxylation sites is 1. The van der Waals surface area contributed by atoms with Crippen LogP contribution in [0.3, 0.4) is 0 Å². The summed E-state index contributed by atoms with van der Waals surface area (Å²) < 4.78 is 18.4. The Bertz CT molecular complexity index is 663. The summed E-state index contributed by atoms with van der Waals surface area (Å²) in [5, 5.41) is 2.60. The maximum absolute atomic E-state index is 13.2. The van der Waals surface area contributed by atoms with Crippen molar-refractivity contribution in [3.05, 3.63) is 60.2 Å². The fraction of sp³-hybridized carbons (Fsp3) is 0.125. The number of benzene rings is 1. The van der Waals surface area contributed by atoms with E-state index in [2.05, 4.69) is 22.1 Å². The summed E-state index contributed by atoms with van der Waals surface area (Å²) in [6.45, 7) is 0.233. The van der Waals surface area contributed by atoms with Gasteiger partial charge in [0, 0.05) is 6.20 Å². The van der Waals surface area contributed by atoms with E-state index in [1.807, 2.05) is 0 Å². The van der Waals surface area contributed by atoms with E-state index in [9.17, 15) is 9.18 Å². The lowest BCUT2D eigenvalue weighted by Crippen LogP contribution is -2.24. The molecule has 1 N–H and O–H groups in total. The molecule has 21 heavy (non-hydrogen) atoms. The van der Waals surface area contributed by atoms with Crippen LogP contribution in [0.25, 0.3) is 0 Å². The number of pyridine rings is 1. The van der Waals surface area contributed by atoms with Gasteiger partial charge >= 0.3 is 0 Å². The molecule has 1 aromatic heterocycles. The Labute approximate surface area is 122 Å². The molecule has 0 spiro atoms. The van der Waals surface area contributed by atoms with Crippen LogP contribution in [0.15, 0.2) is 48.7 Å². The van der Waals surface area contributed by atoms with E-state index in [1.165, 1.54) is 12.1 Å². The number of carbonyl (C=O) groups excluding carboxylic acids is 1. The SMILES string of the molecule is O=C(NCC#CCOc1ccccc1F)c1ccccn1. The molecule has 1 amide bonds. The van der Waals surface area contributed by atoms with Crippen molar-refractivity contribution in [1.29, 1.82) is 0 Å². The van der Waals surface area contributed by atoms with Crippen molar-refractivity contribution in [1.82, 2.24) is 10.3 Å². The Morgan fingerprint density at radius 2 is 2.00 bits per heavy atom. The molecule has 0 unspecified atom stereocenters. The summed E-state index contributed by atoms with van der Waals surface area (Å²) in [7, 11) is 0. The van der Waals surface area contributed by atoms with Gasteiger partial charge in [0.25, 0.3) is 5.91 Å². The van der Waals surface area contributed by atoms with Crippen LogP contribution in [0.4, 0.5) is 4.39 Å². The van der Waals surface area contributed by atoms with Gasteiger partial charge in [-0.3, -0.25) is 9.78 Å². The number of hydrogen-bond acceptors (Lipinski definition) is 3. The lowest BCUT2D eigenvalue weighted by molar-refractivity contribution is 0.0953. The minimum Gasteiger partial charge on any atom is -0.478 e. The Morgan fingerprint density at radius 3 is 2.76 bits per heavy atom. The van der Waals surface area contributed by atoms with Gasteiger partial charge in [0.1, 0.15) is 12.3 Å². The minimum absolute atomic E-state index is 0.0559. The summed E-state index contributed by atoms with van der Waals surface area (Å²) in [5.74, 6) is 4.85. The van der Waals surface area contributed by atoms with Crippen molar-refractivity contribution in [2.24, 2.45) is 0 Å². The summed E-state index contributed by atoms with van der Waals surface area (Å²) in [5.41, 5.74) is 0.335. The number of halogens is 1. The molecule has 0 aliphatic rings. The number of nitrogens with zero attached hydrogens (tertiary/aromatic N) is 1. The topological polar surface area (TPSA) is 51.2 Å². The number of hydrogen-bond donors (Lipinski definition) is 1. The Kier molecular flexibility index (Phi) is 5.30. The highest BCUT2D eigenvalue weighted by Crippen LogP contribution is 2.14. The Balaban J connectivity index is 1.73. The van der Waals surface area contributed by atoms with Crippen molar-refractivity contribution >= 4 is 5.91 Å². The zero-order chi connectivity index (χ0) is 14.9. The average Bonchev–Trinajstić information content (AvgIpc) is 2.53. The molecule has 0 saturated heterocycles. The van der Waals surface area contributed by atoms with Gasteiger partial charge in [0.15, 0.2) is 11.6 Å². The Morgan fingerprint density at radius 1 is 1.19 bits per heavy atom. The molecule has 5 heteroatoms. The molecule has 2 rings (SSSR count). The van der Waals surface area contributed by atoms with Gasteiger partial charge in [-0.15, -0.1) is 0 Å². The van der Waals surface area contributed by atoms with Crippen LogP contribution in [0.2, 0.25) is 0 Å². The highest BCUT2D eigenvalue weighted by atomic mass is 19.1. The molecular formula is C16H13FN2O2. The lowest BCUT2D eigenvalue weighted by Gasteiger charge is -2.02. The minimum atomic E-state index is -0.428. The number of nitrogens with one attached hydrogen (secondary N) is 1. The van der Waals surface area contributed by atoms with Crippen LogP contribution >= 0.6 is 0 Å². The zero-order valence-electron chi connectivity index (χ0n) is 11.2. The number of amides is 1. The van der Waals surface area contributed by atoms with Crippen LogP contribution in [0, 0.1) is 17.7 Å². The van der Waals surface area contributed by atoms with Gasteiger partial charge in [-0.2, -0.15) is 0 Å². The molecule has 1 heterocycles. The predicted octanol–water partition coefficient (Wildman–Crippen LogP) is 2.03. The van der Waals surface area contributed by atoms with Crippen LogP contribution in [0.5, 0.6) is 5.75 Å². The maximum Gasteiger partial charge on any atom is 0.270 e. The maximum atomic E-state index is 13.2. The van der Waals surface area contributed by atoms with E-state index < -0.39 is 5.82 Å². The predicted molar refractivity (Wildman–Crippen MR) is 76.2 cm³/mol. The van der Waals surface area contributed by atoms with Crippen molar-refractivity contribution in [2.45, 2.75) is 0 Å². The van der Waals surface area contributed by atoms with E-state index in [1.54, 1.807) is 36.5 Å². The molecular weight excluding hydrogens is 271 g/mol. The molecule has 0 aliphatic carbocycles. The normalized spacial score (nSPS) is 9.38.